The SMILES string of the molecule is OCC1CSCCN1c1ncncc1I. The van der Waals surface area contributed by atoms with Crippen LogP contribution in [-0.4, -0.2) is 45.8 Å². The van der Waals surface area contributed by atoms with E-state index < -0.39 is 0 Å². The lowest BCUT2D eigenvalue weighted by atomic mass is 10.3. The maximum absolute atomic E-state index is 9.31. The summed E-state index contributed by atoms with van der Waals surface area (Å²) in [7, 11) is 0. The summed E-state index contributed by atoms with van der Waals surface area (Å²) in [6, 6.07) is 0.187. The minimum absolute atomic E-state index is 0.187. The van der Waals surface area contributed by atoms with Crippen LogP contribution < -0.4 is 4.90 Å². The van der Waals surface area contributed by atoms with Crippen LogP contribution in [0.25, 0.3) is 0 Å². The molecule has 0 radical (unpaired) electrons. The van der Waals surface area contributed by atoms with E-state index in [0.29, 0.717) is 0 Å². The molecule has 1 N–H and O–H groups in total. The van der Waals surface area contributed by atoms with Crippen LogP contribution >= 0.6 is 34.4 Å². The second kappa shape index (κ2) is 5.31. The Balaban J connectivity index is 2.24. The Morgan fingerprint density at radius 2 is 2.53 bits per heavy atom. The lowest BCUT2D eigenvalue weighted by Gasteiger charge is -2.35. The minimum Gasteiger partial charge on any atom is -0.394 e. The van der Waals surface area contributed by atoms with E-state index in [1.807, 2.05) is 11.8 Å². The van der Waals surface area contributed by atoms with Gasteiger partial charge in [0.05, 0.1) is 16.2 Å². The van der Waals surface area contributed by atoms with Crippen LogP contribution in [0.5, 0.6) is 0 Å². The van der Waals surface area contributed by atoms with Gasteiger partial charge in [0.25, 0.3) is 0 Å². The van der Waals surface area contributed by atoms with Gasteiger partial charge in [-0.1, -0.05) is 0 Å². The third-order valence-corrected chi connectivity index (χ3v) is 4.21. The molecule has 1 aromatic rings. The first-order chi connectivity index (χ1) is 7.33. The zero-order valence-corrected chi connectivity index (χ0v) is 11.1. The van der Waals surface area contributed by atoms with Crippen LogP contribution in [0, 0.1) is 3.57 Å². The Labute approximate surface area is 107 Å². The summed E-state index contributed by atoms with van der Waals surface area (Å²) in [6.45, 7) is 1.13. The predicted molar refractivity (Wildman–Crippen MR) is 70.3 cm³/mol. The van der Waals surface area contributed by atoms with Gasteiger partial charge in [0, 0.05) is 24.2 Å². The van der Waals surface area contributed by atoms with Crippen molar-refractivity contribution in [3.05, 3.63) is 16.1 Å². The van der Waals surface area contributed by atoms with Crippen molar-refractivity contribution in [2.45, 2.75) is 6.04 Å². The number of hydrogen-bond acceptors (Lipinski definition) is 5. The van der Waals surface area contributed by atoms with Crippen LogP contribution in [0.1, 0.15) is 0 Å². The number of hydrogen-bond donors (Lipinski definition) is 1. The molecule has 2 heterocycles. The number of aliphatic hydroxyl groups is 1. The van der Waals surface area contributed by atoms with Crippen molar-refractivity contribution in [1.82, 2.24) is 9.97 Å². The van der Waals surface area contributed by atoms with E-state index in [2.05, 4.69) is 37.5 Å². The average Bonchev–Trinajstić information content (AvgIpc) is 2.30. The third-order valence-electron chi connectivity index (χ3n) is 2.36. The molecule has 0 saturated carbocycles. The van der Waals surface area contributed by atoms with Crippen LogP contribution in [0.3, 0.4) is 0 Å². The van der Waals surface area contributed by atoms with Crippen molar-refractivity contribution in [2.75, 3.05) is 29.6 Å². The van der Waals surface area contributed by atoms with Gasteiger partial charge in [-0.05, 0) is 22.6 Å². The standard InChI is InChI=1S/C9H12IN3OS/c10-8-3-11-6-12-9(8)13-1-2-15-5-7(13)4-14/h3,6-7,14H,1-2,4-5H2. The van der Waals surface area contributed by atoms with Crippen LogP contribution in [0.2, 0.25) is 0 Å². The second-order valence-electron chi connectivity index (χ2n) is 3.30. The van der Waals surface area contributed by atoms with Crippen molar-refractivity contribution in [2.24, 2.45) is 0 Å². The summed E-state index contributed by atoms with van der Waals surface area (Å²) in [6.07, 6.45) is 3.37. The Hall–Kier alpha value is -0.0800. The molecule has 82 valence electrons. The van der Waals surface area contributed by atoms with E-state index in [1.165, 1.54) is 0 Å². The quantitative estimate of drug-likeness (QED) is 0.816. The Kier molecular flexibility index (Phi) is 4.04. The van der Waals surface area contributed by atoms with Gasteiger partial charge in [-0.25, -0.2) is 9.97 Å². The van der Waals surface area contributed by atoms with E-state index in [9.17, 15) is 5.11 Å². The molecule has 1 unspecified atom stereocenters. The fraction of sp³-hybridized carbons (Fsp3) is 0.556. The highest BCUT2D eigenvalue weighted by Gasteiger charge is 2.24. The van der Waals surface area contributed by atoms with Crippen molar-refractivity contribution in [1.29, 1.82) is 0 Å². The highest BCUT2D eigenvalue weighted by molar-refractivity contribution is 14.1. The maximum atomic E-state index is 9.31. The van der Waals surface area contributed by atoms with Gasteiger partial charge in [-0.15, -0.1) is 0 Å². The van der Waals surface area contributed by atoms with E-state index >= 15 is 0 Å². The molecular formula is C9H12IN3OS. The summed E-state index contributed by atoms with van der Waals surface area (Å²) in [5.74, 6) is 3.01. The summed E-state index contributed by atoms with van der Waals surface area (Å²) >= 11 is 4.12. The molecule has 1 atom stereocenters. The zero-order valence-electron chi connectivity index (χ0n) is 8.14. The molecule has 1 aliphatic heterocycles. The zero-order chi connectivity index (χ0) is 10.7. The minimum atomic E-state index is 0.187. The topological polar surface area (TPSA) is 49.2 Å². The number of thioether (sulfide) groups is 1. The molecule has 2 rings (SSSR count). The smallest absolute Gasteiger partial charge is 0.145 e. The predicted octanol–water partition coefficient (Wildman–Crippen LogP) is 0.995. The number of aromatic nitrogens is 2. The largest absolute Gasteiger partial charge is 0.394 e. The second-order valence-corrected chi connectivity index (χ2v) is 5.61. The molecule has 1 saturated heterocycles. The highest BCUT2D eigenvalue weighted by atomic mass is 127. The number of nitrogens with zero attached hydrogens (tertiary/aromatic N) is 3. The fourth-order valence-corrected chi connectivity index (χ4v) is 3.26. The van der Waals surface area contributed by atoms with Crippen LogP contribution in [0.15, 0.2) is 12.5 Å². The summed E-state index contributed by atoms with van der Waals surface area (Å²) < 4.78 is 1.04. The number of anilines is 1. The van der Waals surface area contributed by atoms with Gasteiger partial charge in [-0.3, -0.25) is 0 Å². The molecule has 0 spiro atoms. The summed E-state index contributed by atoms with van der Waals surface area (Å²) in [5.41, 5.74) is 0. The highest BCUT2D eigenvalue weighted by Crippen LogP contribution is 2.25. The van der Waals surface area contributed by atoms with Gasteiger partial charge in [0.2, 0.25) is 0 Å². The maximum Gasteiger partial charge on any atom is 0.145 e. The first-order valence-electron chi connectivity index (χ1n) is 4.73. The molecule has 0 aliphatic carbocycles. The molecule has 6 heteroatoms. The van der Waals surface area contributed by atoms with E-state index in [4.69, 9.17) is 0 Å². The molecule has 0 amide bonds. The molecule has 4 nitrogen and oxygen atoms in total. The molecule has 15 heavy (non-hydrogen) atoms. The molecule has 0 aromatic carbocycles. The van der Waals surface area contributed by atoms with Gasteiger partial charge in [0.1, 0.15) is 12.1 Å². The van der Waals surface area contributed by atoms with Crippen molar-refractivity contribution in [3.8, 4) is 0 Å². The normalized spacial score (nSPS) is 21.7. The van der Waals surface area contributed by atoms with E-state index in [1.54, 1.807) is 12.5 Å². The molecule has 1 aliphatic rings. The fourth-order valence-electron chi connectivity index (χ4n) is 1.60. The molecule has 0 bridgehead atoms. The van der Waals surface area contributed by atoms with Crippen LogP contribution in [-0.2, 0) is 0 Å². The van der Waals surface area contributed by atoms with E-state index in [0.717, 1.165) is 27.4 Å². The van der Waals surface area contributed by atoms with Crippen molar-refractivity contribution >= 4 is 40.2 Å². The number of halogens is 1. The van der Waals surface area contributed by atoms with E-state index in [-0.39, 0.29) is 12.6 Å². The summed E-state index contributed by atoms with van der Waals surface area (Å²) in [5, 5.41) is 9.31. The van der Waals surface area contributed by atoms with Gasteiger partial charge < -0.3 is 10.0 Å². The van der Waals surface area contributed by atoms with Gasteiger partial charge >= 0.3 is 0 Å². The van der Waals surface area contributed by atoms with Gasteiger partial charge in [-0.2, -0.15) is 11.8 Å². The Bertz CT molecular complexity index is 339. The lowest BCUT2D eigenvalue weighted by Crippen LogP contribution is -2.45. The number of rotatable bonds is 2. The molecule has 1 fully saturated rings. The Morgan fingerprint density at radius 1 is 1.67 bits per heavy atom. The number of aliphatic hydroxyl groups excluding tert-OH is 1. The average molecular weight is 337 g/mol. The Morgan fingerprint density at radius 3 is 3.27 bits per heavy atom. The van der Waals surface area contributed by atoms with Crippen molar-refractivity contribution in [3.63, 3.8) is 0 Å². The molecule has 1 aromatic heterocycles. The first kappa shape index (κ1) is 11.4. The lowest BCUT2D eigenvalue weighted by molar-refractivity contribution is 0.268. The van der Waals surface area contributed by atoms with Crippen LogP contribution in [0.4, 0.5) is 5.82 Å². The first-order valence-corrected chi connectivity index (χ1v) is 6.97. The monoisotopic (exact) mass is 337 g/mol. The van der Waals surface area contributed by atoms with Crippen molar-refractivity contribution < 1.29 is 5.11 Å². The van der Waals surface area contributed by atoms with Gasteiger partial charge in [0.15, 0.2) is 0 Å². The molecular weight excluding hydrogens is 325 g/mol. The summed E-state index contributed by atoms with van der Waals surface area (Å²) in [4.78, 5) is 10.4. The third kappa shape index (κ3) is 2.54.